The van der Waals surface area contributed by atoms with Crippen LogP contribution in [-0.2, 0) is 10.0 Å². The molecule has 2 aromatic heterocycles. The molecule has 4 aromatic rings. The molecule has 2 aromatic carbocycles. The fourth-order valence-electron chi connectivity index (χ4n) is 3.13. The summed E-state index contributed by atoms with van der Waals surface area (Å²) in [7, 11) is -2.49. The van der Waals surface area contributed by atoms with Gasteiger partial charge in [-0.25, -0.2) is 18.2 Å². The highest BCUT2D eigenvalue weighted by Crippen LogP contribution is 2.30. The van der Waals surface area contributed by atoms with E-state index in [0.717, 1.165) is 0 Å². The quantitative estimate of drug-likeness (QED) is 0.438. The van der Waals surface area contributed by atoms with Crippen molar-refractivity contribution in [2.24, 2.45) is 0 Å². The number of carboxylic acids is 1. The van der Waals surface area contributed by atoms with E-state index in [4.69, 9.17) is 9.84 Å². The van der Waals surface area contributed by atoms with Crippen molar-refractivity contribution >= 4 is 32.6 Å². The zero-order chi connectivity index (χ0) is 23.4. The van der Waals surface area contributed by atoms with Crippen molar-refractivity contribution in [1.82, 2.24) is 9.97 Å². The molecule has 0 spiro atoms. The SMILES string of the molecule is COc1ccc(S(=O)(=O)Nc2ccccc2C#Cc2ccc(C(=O)O)nc2)c2ncccc12. The molecule has 0 bridgehead atoms. The summed E-state index contributed by atoms with van der Waals surface area (Å²) >= 11 is 0. The van der Waals surface area contributed by atoms with Crippen LogP contribution in [0.25, 0.3) is 10.9 Å². The number of sulfonamides is 1. The van der Waals surface area contributed by atoms with Crippen molar-refractivity contribution in [2.75, 3.05) is 11.8 Å². The third-order valence-electron chi connectivity index (χ3n) is 4.70. The minimum absolute atomic E-state index is 0.00937. The number of rotatable bonds is 5. The number of aromatic carboxylic acids is 1. The number of carbonyl (C=O) groups is 1. The highest BCUT2D eigenvalue weighted by Gasteiger charge is 2.21. The van der Waals surface area contributed by atoms with Gasteiger partial charge in [0, 0.05) is 28.9 Å². The number of benzene rings is 2. The molecular formula is C24H17N3O5S. The van der Waals surface area contributed by atoms with Crippen LogP contribution in [0.4, 0.5) is 5.69 Å². The molecule has 33 heavy (non-hydrogen) atoms. The highest BCUT2D eigenvalue weighted by atomic mass is 32.2. The molecule has 0 aliphatic carbocycles. The monoisotopic (exact) mass is 459 g/mol. The Hall–Kier alpha value is -4.42. The summed E-state index contributed by atoms with van der Waals surface area (Å²) in [5.74, 6) is 5.17. The van der Waals surface area contributed by atoms with Gasteiger partial charge in [-0.3, -0.25) is 9.71 Å². The molecule has 0 unspecified atom stereocenters. The van der Waals surface area contributed by atoms with Gasteiger partial charge in [0.05, 0.1) is 18.3 Å². The summed E-state index contributed by atoms with van der Waals surface area (Å²) in [6, 6.07) is 16.1. The third-order valence-corrected chi connectivity index (χ3v) is 6.09. The van der Waals surface area contributed by atoms with Crippen LogP contribution in [0.3, 0.4) is 0 Å². The second-order valence-corrected chi connectivity index (χ2v) is 8.45. The van der Waals surface area contributed by atoms with E-state index >= 15 is 0 Å². The first kappa shape index (κ1) is 21.8. The molecule has 0 saturated carbocycles. The number of methoxy groups -OCH3 is 1. The van der Waals surface area contributed by atoms with E-state index in [9.17, 15) is 13.2 Å². The zero-order valence-corrected chi connectivity index (χ0v) is 18.1. The Balaban J connectivity index is 1.69. The standard InChI is InChI=1S/C24H17N3O5S/c1-32-21-12-13-22(23-18(21)6-4-14-25-23)33(30,31)27-19-7-3-2-5-17(19)10-8-16-9-11-20(24(28)29)26-15-16/h2-7,9,11-15,27H,1H3,(H,28,29). The van der Waals surface area contributed by atoms with Gasteiger partial charge in [0.1, 0.15) is 16.3 Å². The number of ether oxygens (including phenoxy) is 1. The first-order chi connectivity index (χ1) is 15.9. The number of pyridine rings is 2. The number of nitrogens with one attached hydrogen (secondary N) is 1. The average Bonchev–Trinajstić information content (AvgIpc) is 2.82. The number of para-hydroxylation sites is 1. The van der Waals surface area contributed by atoms with Crippen molar-refractivity contribution < 1.29 is 23.1 Å². The predicted molar refractivity (Wildman–Crippen MR) is 123 cm³/mol. The molecule has 0 amide bonds. The Kier molecular flexibility index (Phi) is 5.93. The van der Waals surface area contributed by atoms with Crippen molar-refractivity contribution in [1.29, 1.82) is 0 Å². The second-order valence-electron chi connectivity index (χ2n) is 6.80. The van der Waals surface area contributed by atoms with Crippen LogP contribution in [0.15, 0.2) is 78.0 Å². The van der Waals surface area contributed by atoms with Crippen LogP contribution in [0, 0.1) is 11.8 Å². The first-order valence-corrected chi connectivity index (χ1v) is 11.1. The summed E-state index contributed by atoms with van der Waals surface area (Å²) in [6.07, 6.45) is 2.86. The van der Waals surface area contributed by atoms with Gasteiger partial charge in [-0.2, -0.15) is 0 Å². The molecule has 9 heteroatoms. The maximum Gasteiger partial charge on any atom is 0.354 e. The zero-order valence-electron chi connectivity index (χ0n) is 17.3. The number of hydrogen-bond donors (Lipinski definition) is 2. The molecule has 2 N–H and O–H groups in total. The van der Waals surface area contributed by atoms with Crippen molar-refractivity contribution in [3.8, 4) is 17.6 Å². The van der Waals surface area contributed by atoms with Crippen LogP contribution in [0.1, 0.15) is 21.6 Å². The van der Waals surface area contributed by atoms with E-state index in [2.05, 4.69) is 26.5 Å². The summed E-state index contributed by atoms with van der Waals surface area (Å²) in [4.78, 5) is 19.0. The molecule has 0 fully saturated rings. The third kappa shape index (κ3) is 4.61. The van der Waals surface area contributed by atoms with Gasteiger partial charge in [0.25, 0.3) is 10.0 Å². The van der Waals surface area contributed by atoms with Gasteiger partial charge in [-0.05, 0) is 48.5 Å². The Morgan fingerprint density at radius 1 is 1.00 bits per heavy atom. The fraction of sp³-hybridized carbons (Fsp3) is 0.0417. The molecule has 0 aliphatic rings. The number of carboxylic acid groups (broad SMARTS) is 1. The van der Waals surface area contributed by atoms with Gasteiger partial charge in [0.15, 0.2) is 0 Å². The molecule has 2 heterocycles. The lowest BCUT2D eigenvalue weighted by Gasteiger charge is -2.13. The van der Waals surface area contributed by atoms with Crippen LogP contribution in [0.2, 0.25) is 0 Å². The number of anilines is 1. The topological polar surface area (TPSA) is 118 Å². The van der Waals surface area contributed by atoms with E-state index in [1.54, 1.807) is 42.5 Å². The lowest BCUT2D eigenvalue weighted by atomic mass is 10.1. The average molecular weight is 459 g/mol. The Labute approximate surface area is 190 Å². The summed E-state index contributed by atoms with van der Waals surface area (Å²) < 4.78 is 34.4. The van der Waals surface area contributed by atoms with E-state index in [-0.39, 0.29) is 16.1 Å². The van der Waals surface area contributed by atoms with Gasteiger partial charge in [-0.15, -0.1) is 0 Å². The maximum absolute atomic E-state index is 13.2. The smallest absolute Gasteiger partial charge is 0.354 e. The van der Waals surface area contributed by atoms with E-state index in [1.807, 2.05) is 0 Å². The predicted octanol–water partition coefficient (Wildman–Crippen LogP) is 3.54. The van der Waals surface area contributed by atoms with E-state index in [1.165, 1.54) is 37.7 Å². The first-order valence-electron chi connectivity index (χ1n) is 9.64. The number of nitrogens with zero attached hydrogens (tertiary/aromatic N) is 2. The number of hydrogen-bond acceptors (Lipinski definition) is 6. The van der Waals surface area contributed by atoms with Crippen molar-refractivity contribution in [2.45, 2.75) is 4.90 Å². The summed E-state index contributed by atoms with van der Waals surface area (Å²) in [5, 5.41) is 9.52. The largest absolute Gasteiger partial charge is 0.496 e. The number of aromatic nitrogens is 2. The summed E-state index contributed by atoms with van der Waals surface area (Å²) in [6.45, 7) is 0. The number of fused-ring (bicyclic) bond motifs is 1. The molecule has 4 rings (SSSR count). The molecule has 0 aliphatic heterocycles. The van der Waals surface area contributed by atoms with E-state index in [0.29, 0.717) is 28.0 Å². The summed E-state index contributed by atoms with van der Waals surface area (Å²) in [5.41, 5.74) is 1.42. The van der Waals surface area contributed by atoms with Crippen LogP contribution < -0.4 is 9.46 Å². The Morgan fingerprint density at radius 3 is 2.55 bits per heavy atom. The lowest BCUT2D eigenvalue weighted by molar-refractivity contribution is 0.0690. The normalized spacial score (nSPS) is 10.8. The molecule has 0 atom stereocenters. The lowest BCUT2D eigenvalue weighted by Crippen LogP contribution is -2.14. The van der Waals surface area contributed by atoms with Crippen LogP contribution in [0.5, 0.6) is 5.75 Å². The minimum atomic E-state index is -4.00. The van der Waals surface area contributed by atoms with Gasteiger partial charge >= 0.3 is 5.97 Å². The Bertz CT molecular complexity index is 1520. The molecule has 0 saturated heterocycles. The van der Waals surface area contributed by atoms with Crippen LogP contribution >= 0.6 is 0 Å². The Morgan fingerprint density at radius 2 is 1.82 bits per heavy atom. The highest BCUT2D eigenvalue weighted by molar-refractivity contribution is 7.93. The minimum Gasteiger partial charge on any atom is -0.496 e. The molecule has 8 nitrogen and oxygen atoms in total. The van der Waals surface area contributed by atoms with Crippen molar-refractivity contribution in [3.05, 3.63) is 89.9 Å². The van der Waals surface area contributed by atoms with E-state index < -0.39 is 16.0 Å². The fourth-order valence-corrected chi connectivity index (χ4v) is 4.37. The molecule has 0 radical (unpaired) electrons. The van der Waals surface area contributed by atoms with Gasteiger partial charge < -0.3 is 9.84 Å². The molecule has 164 valence electrons. The van der Waals surface area contributed by atoms with Crippen molar-refractivity contribution in [3.63, 3.8) is 0 Å². The second kappa shape index (κ2) is 8.98. The molecular weight excluding hydrogens is 442 g/mol. The maximum atomic E-state index is 13.2. The van der Waals surface area contributed by atoms with Gasteiger partial charge in [0.2, 0.25) is 0 Å². The van der Waals surface area contributed by atoms with Crippen LogP contribution in [-0.4, -0.2) is 36.6 Å². The van der Waals surface area contributed by atoms with Gasteiger partial charge in [-0.1, -0.05) is 24.0 Å².